The molecule has 22 heavy (non-hydrogen) atoms. The first-order valence-corrected chi connectivity index (χ1v) is 7.30. The summed E-state index contributed by atoms with van der Waals surface area (Å²) in [6, 6.07) is 0.149. The summed E-state index contributed by atoms with van der Waals surface area (Å²) < 4.78 is 1.73. The maximum Gasteiger partial charge on any atom is 0.288 e. The molecule has 1 amide bonds. The van der Waals surface area contributed by atoms with Crippen LogP contribution in [0, 0.1) is 13.8 Å². The predicted molar refractivity (Wildman–Crippen MR) is 80.5 cm³/mol. The summed E-state index contributed by atoms with van der Waals surface area (Å²) in [4.78, 5) is 26.3. The van der Waals surface area contributed by atoms with E-state index in [-0.39, 0.29) is 11.9 Å². The van der Waals surface area contributed by atoms with Gasteiger partial charge in [0.2, 0.25) is 5.82 Å². The lowest BCUT2D eigenvalue weighted by Gasteiger charge is -2.34. The second-order valence-corrected chi connectivity index (χ2v) is 5.57. The smallest absolute Gasteiger partial charge is 0.288 e. The largest absolute Gasteiger partial charge is 0.363 e. The first-order chi connectivity index (χ1) is 10.5. The summed E-state index contributed by atoms with van der Waals surface area (Å²) in [7, 11) is 0. The van der Waals surface area contributed by atoms with Crippen LogP contribution in [0.25, 0.3) is 0 Å². The molecule has 0 aromatic carbocycles. The minimum absolute atomic E-state index is 0.0589. The zero-order valence-corrected chi connectivity index (χ0v) is 12.7. The van der Waals surface area contributed by atoms with E-state index in [2.05, 4.69) is 25.0 Å². The third kappa shape index (κ3) is 2.76. The van der Waals surface area contributed by atoms with Crippen molar-refractivity contribution >= 4 is 11.7 Å². The maximum absolute atomic E-state index is 11.1. The van der Waals surface area contributed by atoms with E-state index in [0.29, 0.717) is 0 Å². The van der Waals surface area contributed by atoms with Crippen LogP contribution in [0.4, 0.5) is 5.82 Å². The molecule has 1 fully saturated rings. The van der Waals surface area contributed by atoms with Gasteiger partial charge in [-0.05, 0) is 26.7 Å². The second kappa shape index (κ2) is 5.70. The summed E-state index contributed by atoms with van der Waals surface area (Å²) in [5.41, 5.74) is 7.03. The van der Waals surface area contributed by atoms with E-state index in [1.807, 2.05) is 13.8 Å². The number of rotatable bonds is 3. The Balaban J connectivity index is 1.81. The fourth-order valence-corrected chi connectivity index (χ4v) is 2.75. The van der Waals surface area contributed by atoms with Crippen molar-refractivity contribution in [3.8, 4) is 0 Å². The highest BCUT2D eigenvalue weighted by molar-refractivity contribution is 5.88. The molecule has 0 aliphatic carbocycles. The fraction of sp³-hybridized carbons (Fsp3) is 0.500. The zero-order chi connectivity index (χ0) is 15.7. The van der Waals surface area contributed by atoms with Crippen LogP contribution in [-0.4, -0.2) is 43.7 Å². The summed E-state index contributed by atoms with van der Waals surface area (Å²) in [6.07, 6.45) is 5.35. The lowest BCUT2D eigenvalue weighted by atomic mass is 10.1. The highest BCUT2D eigenvalue weighted by atomic mass is 16.1. The molecule has 116 valence electrons. The number of nitrogens with two attached hydrogens (primary N) is 1. The molecule has 2 aromatic rings. The molecule has 3 rings (SSSR count). The van der Waals surface area contributed by atoms with Gasteiger partial charge in [0.25, 0.3) is 5.91 Å². The molecule has 8 nitrogen and oxygen atoms in total. The Kier molecular flexibility index (Phi) is 3.74. The Hall–Kier alpha value is -2.51. The van der Waals surface area contributed by atoms with Crippen LogP contribution in [0.2, 0.25) is 0 Å². The van der Waals surface area contributed by atoms with Crippen LogP contribution in [0.3, 0.4) is 0 Å². The molecule has 0 saturated carbocycles. The van der Waals surface area contributed by atoms with Gasteiger partial charge in [0, 0.05) is 19.3 Å². The van der Waals surface area contributed by atoms with E-state index in [1.54, 1.807) is 17.2 Å². The van der Waals surface area contributed by atoms with Crippen LogP contribution in [0.1, 0.15) is 40.9 Å². The van der Waals surface area contributed by atoms with Crippen LogP contribution >= 0.6 is 0 Å². The topological polar surface area (TPSA) is 103 Å². The Morgan fingerprint density at radius 2 is 2.18 bits per heavy atom. The van der Waals surface area contributed by atoms with Crippen LogP contribution in [-0.2, 0) is 0 Å². The lowest BCUT2D eigenvalue weighted by molar-refractivity contribution is 0.0990. The quantitative estimate of drug-likeness (QED) is 0.891. The van der Waals surface area contributed by atoms with Gasteiger partial charge in [0.1, 0.15) is 12.1 Å². The number of hydrogen-bond donors (Lipinski definition) is 1. The van der Waals surface area contributed by atoms with Gasteiger partial charge in [0.15, 0.2) is 0 Å². The molecule has 1 atom stereocenters. The van der Waals surface area contributed by atoms with Gasteiger partial charge in [-0.25, -0.2) is 14.6 Å². The highest BCUT2D eigenvalue weighted by Crippen LogP contribution is 2.26. The minimum Gasteiger partial charge on any atom is -0.363 e. The Bertz CT molecular complexity index is 696. The van der Waals surface area contributed by atoms with E-state index >= 15 is 0 Å². The predicted octanol–water partition coefficient (Wildman–Crippen LogP) is 0.625. The Morgan fingerprint density at radius 3 is 2.91 bits per heavy atom. The number of nitrogens with zero attached hydrogens (tertiary/aromatic N) is 6. The number of piperidine rings is 1. The van der Waals surface area contributed by atoms with Gasteiger partial charge in [0.05, 0.1) is 17.4 Å². The van der Waals surface area contributed by atoms with Gasteiger partial charge >= 0.3 is 0 Å². The molecule has 2 N–H and O–H groups in total. The molecule has 1 aliphatic heterocycles. The average Bonchev–Trinajstić information content (AvgIpc) is 3.00. The molecule has 0 bridgehead atoms. The molecule has 1 aliphatic rings. The molecule has 0 spiro atoms. The molecule has 2 aromatic heterocycles. The van der Waals surface area contributed by atoms with Crippen molar-refractivity contribution in [2.75, 3.05) is 18.0 Å². The van der Waals surface area contributed by atoms with Crippen molar-refractivity contribution < 1.29 is 4.79 Å². The molecule has 1 unspecified atom stereocenters. The summed E-state index contributed by atoms with van der Waals surface area (Å²) in [6.45, 7) is 5.60. The zero-order valence-electron chi connectivity index (χ0n) is 12.7. The van der Waals surface area contributed by atoms with Crippen molar-refractivity contribution in [3.63, 3.8) is 0 Å². The van der Waals surface area contributed by atoms with Gasteiger partial charge < -0.3 is 10.6 Å². The van der Waals surface area contributed by atoms with Gasteiger partial charge in [-0.15, -0.1) is 5.10 Å². The average molecular weight is 301 g/mol. The van der Waals surface area contributed by atoms with Crippen molar-refractivity contribution in [2.24, 2.45) is 5.73 Å². The van der Waals surface area contributed by atoms with Crippen LogP contribution in [0.15, 0.2) is 12.5 Å². The lowest BCUT2D eigenvalue weighted by Crippen LogP contribution is -2.38. The number of carbonyl (C=O) groups excluding carboxylic acids is 1. The normalized spacial score (nSPS) is 18.5. The molecular weight excluding hydrogens is 282 g/mol. The number of carbonyl (C=O) groups is 1. The highest BCUT2D eigenvalue weighted by Gasteiger charge is 2.25. The monoisotopic (exact) mass is 301 g/mol. The van der Waals surface area contributed by atoms with E-state index < -0.39 is 5.91 Å². The molecule has 8 heteroatoms. The van der Waals surface area contributed by atoms with E-state index in [9.17, 15) is 4.79 Å². The fourth-order valence-electron chi connectivity index (χ4n) is 2.75. The molecule has 0 radical (unpaired) electrons. The van der Waals surface area contributed by atoms with E-state index in [4.69, 9.17) is 5.73 Å². The number of primary amides is 1. The standard InChI is InChI=1S/C14H19N7O/c1-9-6-16-10(2)14(18-9)20-5-3-4-11(7-20)21-8-17-13(19-21)12(15)22/h6,8,11H,3-5,7H2,1-2H3,(H2,15,22). The second-order valence-electron chi connectivity index (χ2n) is 5.57. The third-order valence-corrected chi connectivity index (χ3v) is 3.85. The molecular formula is C14H19N7O. The van der Waals surface area contributed by atoms with Crippen LogP contribution in [0.5, 0.6) is 0 Å². The summed E-state index contributed by atoms with van der Waals surface area (Å²) >= 11 is 0. The van der Waals surface area contributed by atoms with E-state index in [0.717, 1.165) is 43.1 Å². The van der Waals surface area contributed by atoms with Crippen molar-refractivity contribution in [1.29, 1.82) is 0 Å². The third-order valence-electron chi connectivity index (χ3n) is 3.85. The number of aromatic nitrogens is 5. The van der Waals surface area contributed by atoms with Gasteiger partial charge in [-0.1, -0.05) is 0 Å². The van der Waals surface area contributed by atoms with Crippen molar-refractivity contribution in [2.45, 2.75) is 32.7 Å². The molecule has 1 saturated heterocycles. The number of hydrogen-bond acceptors (Lipinski definition) is 6. The van der Waals surface area contributed by atoms with Crippen molar-refractivity contribution in [3.05, 3.63) is 29.7 Å². The first-order valence-electron chi connectivity index (χ1n) is 7.30. The van der Waals surface area contributed by atoms with E-state index in [1.165, 1.54) is 0 Å². The molecule has 3 heterocycles. The first kappa shape index (κ1) is 14.4. The number of amides is 1. The number of anilines is 1. The van der Waals surface area contributed by atoms with Gasteiger partial charge in [-0.2, -0.15) is 0 Å². The summed E-state index contributed by atoms with van der Waals surface area (Å²) in [5.74, 6) is 0.371. The Morgan fingerprint density at radius 1 is 1.36 bits per heavy atom. The minimum atomic E-state index is -0.605. The van der Waals surface area contributed by atoms with Crippen LogP contribution < -0.4 is 10.6 Å². The maximum atomic E-state index is 11.1. The number of aryl methyl sites for hydroxylation is 2. The van der Waals surface area contributed by atoms with Crippen molar-refractivity contribution in [1.82, 2.24) is 24.7 Å². The summed E-state index contributed by atoms with van der Waals surface area (Å²) in [5, 5.41) is 4.17. The Labute approximate surface area is 128 Å². The SMILES string of the molecule is Cc1cnc(C)c(N2CCCC(n3cnc(C(N)=O)n3)C2)n1. The van der Waals surface area contributed by atoms with Gasteiger partial charge in [-0.3, -0.25) is 9.78 Å².